The summed E-state index contributed by atoms with van der Waals surface area (Å²) in [7, 11) is 6.48. The first-order valence-electron chi connectivity index (χ1n) is 9.84. The van der Waals surface area contributed by atoms with Crippen LogP contribution in [0, 0.1) is 5.82 Å². The maximum absolute atomic E-state index is 13.9. The zero-order chi connectivity index (χ0) is 21.5. The van der Waals surface area contributed by atoms with Crippen LogP contribution in [-0.4, -0.2) is 53.5 Å². The van der Waals surface area contributed by atoms with Crippen molar-refractivity contribution in [3.05, 3.63) is 47.8 Å². The first kappa shape index (κ1) is 21.5. The molecule has 8 heteroatoms. The van der Waals surface area contributed by atoms with Crippen LogP contribution in [0.25, 0.3) is 0 Å². The van der Waals surface area contributed by atoms with Gasteiger partial charge in [-0.2, -0.15) is 0 Å². The summed E-state index contributed by atoms with van der Waals surface area (Å²) < 4.78 is 29.6. The van der Waals surface area contributed by atoms with E-state index in [1.54, 1.807) is 27.3 Å². The molecule has 0 spiro atoms. The Balaban J connectivity index is 1.57. The Hall–Kier alpha value is -3.16. The largest absolute Gasteiger partial charge is 0.497 e. The summed E-state index contributed by atoms with van der Waals surface area (Å²) in [6.45, 7) is 2.20. The molecule has 162 valence electrons. The Morgan fingerprint density at radius 1 is 1.10 bits per heavy atom. The van der Waals surface area contributed by atoms with Gasteiger partial charge in [-0.25, -0.2) is 4.39 Å². The van der Waals surface area contributed by atoms with Crippen LogP contribution in [0.2, 0.25) is 0 Å². The second-order valence-electron chi connectivity index (χ2n) is 7.04. The van der Waals surface area contributed by atoms with Crippen LogP contribution >= 0.6 is 0 Å². The fourth-order valence-electron chi connectivity index (χ4n) is 3.48. The first-order chi connectivity index (χ1) is 14.6. The number of aliphatic imine (C=N–C) groups is 1. The molecular weight excluding hydrogens is 387 g/mol. The van der Waals surface area contributed by atoms with Crippen LogP contribution in [0.4, 0.5) is 10.1 Å². The lowest BCUT2D eigenvalue weighted by molar-refractivity contribution is 0.386. The van der Waals surface area contributed by atoms with Gasteiger partial charge in [0.15, 0.2) is 17.5 Å². The number of hydrogen-bond donors (Lipinski definition) is 2. The molecule has 0 radical (unpaired) electrons. The van der Waals surface area contributed by atoms with Crippen molar-refractivity contribution in [1.82, 2.24) is 10.6 Å². The minimum atomic E-state index is -0.375. The minimum Gasteiger partial charge on any atom is -0.497 e. The van der Waals surface area contributed by atoms with E-state index in [-0.39, 0.29) is 17.6 Å². The summed E-state index contributed by atoms with van der Waals surface area (Å²) in [5.74, 6) is 2.08. The molecule has 3 rings (SSSR count). The molecule has 1 fully saturated rings. The van der Waals surface area contributed by atoms with Gasteiger partial charge in [0.25, 0.3) is 0 Å². The van der Waals surface area contributed by atoms with Gasteiger partial charge in [0.05, 0.1) is 21.3 Å². The van der Waals surface area contributed by atoms with Gasteiger partial charge in [-0.05, 0) is 24.1 Å². The first-order valence-corrected chi connectivity index (χ1v) is 9.84. The molecule has 1 atom stereocenters. The zero-order valence-electron chi connectivity index (χ0n) is 17.9. The molecule has 0 aliphatic carbocycles. The van der Waals surface area contributed by atoms with E-state index in [0.29, 0.717) is 12.5 Å². The molecule has 30 heavy (non-hydrogen) atoms. The van der Waals surface area contributed by atoms with Gasteiger partial charge < -0.3 is 29.7 Å². The summed E-state index contributed by atoms with van der Waals surface area (Å²) in [5, 5.41) is 6.69. The number of nitrogens with zero attached hydrogens (tertiary/aromatic N) is 2. The summed E-state index contributed by atoms with van der Waals surface area (Å²) in [4.78, 5) is 6.58. The average molecular weight is 416 g/mol. The fraction of sp³-hybridized carbons (Fsp3) is 0.409. The summed E-state index contributed by atoms with van der Waals surface area (Å²) in [5.41, 5.74) is 1.87. The molecule has 1 saturated heterocycles. The van der Waals surface area contributed by atoms with Crippen molar-refractivity contribution >= 4 is 11.6 Å². The molecule has 7 nitrogen and oxygen atoms in total. The van der Waals surface area contributed by atoms with Crippen LogP contribution in [0.1, 0.15) is 12.0 Å². The summed E-state index contributed by atoms with van der Waals surface area (Å²) >= 11 is 0. The molecule has 0 saturated carbocycles. The maximum atomic E-state index is 13.9. The van der Waals surface area contributed by atoms with Crippen LogP contribution in [-0.2, 0) is 6.54 Å². The van der Waals surface area contributed by atoms with Crippen molar-refractivity contribution in [1.29, 1.82) is 0 Å². The van der Waals surface area contributed by atoms with Gasteiger partial charge in [-0.1, -0.05) is 6.07 Å². The van der Waals surface area contributed by atoms with E-state index in [2.05, 4.69) is 20.5 Å². The lowest BCUT2D eigenvalue weighted by Gasteiger charge is -2.21. The molecule has 1 unspecified atom stereocenters. The van der Waals surface area contributed by atoms with Gasteiger partial charge in [0, 0.05) is 56.6 Å². The van der Waals surface area contributed by atoms with E-state index in [4.69, 9.17) is 14.2 Å². The third-order valence-electron chi connectivity index (χ3n) is 5.13. The normalized spacial score (nSPS) is 16.4. The van der Waals surface area contributed by atoms with E-state index in [0.717, 1.165) is 42.3 Å². The Kier molecular flexibility index (Phi) is 7.21. The predicted octanol–water partition coefficient (Wildman–Crippen LogP) is 2.80. The number of guanidine groups is 1. The van der Waals surface area contributed by atoms with Crippen molar-refractivity contribution in [3.63, 3.8) is 0 Å². The molecule has 1 heterocycles. The summed E-state index contributed by atoms with van der Waals surface area (Å²) in [6, 6.07) is 11.0. The third kappa shape index (κ3) is 5.25. The SMILES string of the molecule is CN=C(NCc1ccc(OC)c(F)c1)NC1CCN(c2cc(OC)cc(OC)c2)C1. The monoisotopic (exact) mass is 416 g/mol. The minimum absolute atomic E-state index is 0.237. The Labute approximate surface area is 176 Å². The van der Waals surface area contributed by atoms with E-state index in [9.17, 15) is 4.39 Å². The van der Waals surface area contributed by atoms with Crippen LogP contribution in [0.15, 0.2) is 41.4 Å². The highest BCUT2D eigenvalue weighted by molar-refractivity contribution is 5.80. The number of nitrogens with one attached hydrogen (secondary N) is 2. The highest BCUT2D eigenvalue weighted by Crippen LogP contribution is 2.30. The van der Waals surface area contributed by atoms with Crippen molar-refractivity contribution in [2.45, 2.75) is 19.0 Å². The Morgan fingerprint density at radius 2 is 1.83 bits per heavy atom. The third-order valence-corrected chi connectivity index (χ3v) is 5.13. The Bertz CT molecular complexity index is 868. The molecule has 0 aromatic heterocycles. The fourth-order valence-corrected chi connectivity index (χ4v) is 3.48. The van der Waals surface area contributed by atoms with E-state index in [1.165, 1.54) is 13.2 Å². The lowest BCUT2D eigenvalue weighted by atomic mass is 10.2. The zero-order valence-corrected chi connectivity index (χ0v) is 17.9. The summed E-state index contributed by atoms with van der Waals surface area (Å²) in [6.07, 6.45) is 0.970. The van der Waals surface area contributed by atoms with E-state index >= 15 is 0 Å². The quantitative estimate of drug-likeness (QED) is 0.535. The number of anilines is 1. The number of benzene rings is 2. The number of methoxy groups -OCH3 is 3. The van der Waals surface area contributed by atoms with E-state index < -0.39 is 0 Å². The van der Waals surface area contributed by atoms with Crippen molar-refractivity contribution < 1.29 is 18.6 Å². The molecule has 1 aliphatic heterocycles. The average Bonchev–Trinajstić information content (AvgIpc) is 3.24. The molecule has 0 amide bonds. The number of halogens is 1. The molecule has 0 bridgehead atoms. The second kappa shape index (κ2) is 10.0. The standard InChI is InChI=1S/C22H29FN4O3/c1-24-22(25-13-15-5-6-21(30-4)20(23)9-15)26-16-7-8-27(14-16)17-10-18(28-2)12-19(11-17)29-3/h5-6,9-12,16H,7-8,13-14H2,1-4H3,(H2,24,25,26). The Morgan fingerprint density at radius 3 is 2.43 bits per heavy atom. The van der Waals surface area contributed by atoms with Gasteiger partial charge in [0.2, 0.25) is 0 Å². The van der Waals surface area contributed by atoms with Gasteiger partial charge in [0.1, 0.15) is 11.5 Å². The number of ether oxygens (including phenoxy) is 3. The second-order valence-corrected chi connectivity index (χ2v) is 7.04. The van der Waals surface area contributed by atoms with Crippen LogP contribution in [0.3, 0.4) is 0 Å². The molecule has 2 N–H and O–H groups in total. The lowest BCUT2D eigenvalue weighted by Crippen LogP contribution is -2.44. The molecule has 2 aromatic carbocycles. The molecule has 1 aliphatic rings. The van der Waals surface area contributed by atoms with Crippen LogP contribution in [0.5, 0.6) is 17.2 Å². The highest BCUT2D eigenvalue weighted by atomic mass is 19.1. The topological polar surface area (TPSA) is 67.4 Å². The molecule has 2 aromatic rings. The molecular formula is C22H29FN4O3. The number of rotatable bonds is 7. The highest BCUT2D eigenvalue weighted by Gasteiger charge is 2.24. The maximum Gasteiger partial charge on any atom is 0.191 e. The number of hydrogen-bond acceptors (Lipinski definition) is 5. The smallest absolute Gasteiger partial charge is 0.191 e. The predicted molar refractivity (Wildman–Crippen MR) is 116 cm³/mol. The van der Waals surface area contributed by atoms with Crippen molar-refractivity contribution in [3.8, 4) is 17.2 Å². The van der Waals surface area contributed by atoms with Crippen molar-refractivity contribution in [2.75, 3.05) is 46.4 Å². The van der Waals surface area contributed by atoms with Crippen LogP contribution < -0.4 is 29.7 Å². The van der Waals surface area contributed by atoms with Crippen molar-refractivity contribution in [2.24, 2.45) is 4.99 Å². The van der Waals surface area contributed by atoms with Gasteiger partial charge in [-0.15, -0.1) is 0 Å². The van der Waals surface area contributed by atoms with Gasteiger partial charge >= 0.3 is 0 Å². The van der Waals surface area contributed by atoms with E-state index in [1.807, 2.05) is 24.3 Å². The van der Waals surface area contributed by atoms with Gasteiger partial charge in [-0.3, -0.25) is 4.99 Å².